The Morgan fingerprint density at radius 3 is 1.95 bits per heavy atom. The molecule has 0 fully saturated rings. The van der Waals surface area contributed by atoms with Gasteiger partial charge in [-0.1, -0.05) is 58.3 Å². The van der Waals surface area contributed by atoms with Gasteiger partial charge < -0.3 is 8.17 Å². The summed E-state index contributed by atoms with van der Waals surface area (Å²) >= 11 is 0. The van der Waals surface area contributed by atoms with Gasteiger partial charge >= 0.3 is 37.7 Å². The molecule has 0 aromatic carbocycles. The van der Waals surface area contributed by atoms with Crippen LogP contribution in [0, 0.1) is 0 Å². The van der Waals surface area contributed by atoms with Crippen molar-refractivity contribution >= 4 is 53.8 Å². The molecule has 0 aliphatic heterocycles. The van der Waals surface area contributed by atoms with Crippen molar-refractivity contribution in [3.63, 3.8) is 0 Å². The van der Waals surface area contributed by atoms with E-state index in [1.807, 2.05) is 0 Å². The number of amides is 1. The molecular weight excluding hydrogens is 318 g/mol. The molecule has 0 bridgehead atoms. The summed E-state index contributed by atoms with van der Waals surface area (Å²) in [6, 6.07) is 0. The Kier molecular flexibility index (Phi) is 17.7. The van der Waals surface area contributed by atoms with Crippen molar-refractivity contribution in [1.29, 1.82) is 0 Å². The van der Waals surface area contributed by atoms with E-state index in [2.05, 4.69) is 12.2 Å². The third kappa shape index (κ3) is 20.6. The molecule has 5 nitrogen and oxygen atoms in total. The molecule has 7 heteroatoms. The first-order valence-electron chi connectivity index (χ1n) is 7.67. The number of nitrogens with one attached hydrogen (secondary N) is 1. The summed E-state index contributed by atoms with van der Waals surface area (Å²) in [4.78, 5) is 11.3. The maximum Gasteiger partial charge on any atom is 2.00 e. The Hall–Kier alpha value is 0.640. The topological polar surface area (TPSA) is 83.5 Å². The summed E-state index contributed by atoms with van der Waals surface area (Å²) in [6.07, 6.45) is 11.2. The van der Waals surface area contributed by atoms with Gasteiger partial charge in [-0.15, -0.1) is 0 Å². The molecule has 0 saturated heterocycles. The summed E-state index contributed by atoms with van der Waals surface area (Å²) in [5, 5.41) is 2.49. The van der Waals surface area contributed by atoms with E-state index >= 15 is 0 Å². The summed E-state index contributed by atoms with van der Waals surface area (Å²) < 4.78 is 29.4. The van der Waals surface area contributed by atoms with Gasteiger partial charge in [-0.25, -0.2) is 0 Å². The molecule has 0 unspecified atom stereocenters. The third-order valence-electron chi connectivity index (χ3n) is 3.19. The minimum Gasteiger partial charge on any atom is -1.00 e. The van der Waals surface area contributed by atoms with Crippen molar-refractivity contribution in [1.82, 2.24) is 5.32 Å². The van der Waals surface area contributed by atoms with Crippen LogP contribution < -0.4 is 5.32 Å². The van der Waals surface area contributed by atoms with Crippen LogP contribution in [0.4, 0.5) is 0 Å². The average Bonchev–Trinajstić information content (AvgIpc) is 2.35. The van der Waals surface area contributed by atoms with Crippen molar-refractivity contribution in [3.05, 3.63) is 0 Å². The molecule has 0 radical (unpaired) electrons. The van der Waals surface area contributed by atoms with Gasteiger partial charge in [-0.2, -0.15) is 8.42 Å². The molecule has 0 aliphatic rings. The first kappa shape index (κ1) is 23.9. The quantitative estimate of drug-likeness (QED) is 0.304. The molecule has 0 heterocycles. The zero-order valence-electron chi connectivity index (χ0n) is 15.3. The van der Waals surface area contributed by atoms with E-state index in [1.54, 1.807) is 0 Å². The molecule has 21 heavy (non-hydrogen) atoms. The number of carbonyl (C=O) groups excluding carboxylic acids is 1. The number of rotatable bonds is 13. The molecule has 0 atom stereocenters. The van der Waals surface area contributed by atoms with Crippen LogP contribution in [-0.4, -0.2) is 68.9 Å². The van der Waals surface area contributed by atoms with Crippen LogP contribution in [0.3, 0.4) is 0 Å². The van der Waals surface area contributed by atoms with Crippen LogP contribution in [0.25, 0.3) is 0 Å². The van der Waals surface area contributed by atoms with E-state index in [1.165, 1.54) is 38.5 Å². The van der Waals surface area contributed by atoms with Crippen LogP contribution in [0.2, 0.25) is 0 Å². The maximum atomic E-state index is 11.3. The zero-order chi connectivity index (χ0) is 15.3. The molecule has 0 aromatic heterocycles. The molecule has 0 aromatic rings. The van der Waals surface area contributed by atoms with Crippen molar-refractivity contribution < 1.29 is 20.6 Å². The summed E-state index contributed by atoms with van der Waals surface area (Å²) in [7, 11) is -3.98. The first-order valence-corrected chi connectivity index (χ1v) is 9.28. The number of carbonyl (C=O) groups is 1. The van der Waals surface area contributed by atoms with E-state index in [0.717, 1.165) is 19.3 Å². The van der Waals surface area contributed by atoms with E-state index in [-0.39, 0.29) is 53.0 Å². The summed E-state index contributed by atoms with van der Waals surface area (Å²) in [5.74, 6) is -0.562. The second-order valence-corrected chi connectivity index (χ2v) is 6.79. The Labute approximate surface area is 162 Å². The fourth-order valence-electron chi connectivity index (χ4n) is 2.00. The van der Waals surface area contributed by atoms with Gasteiger partial charge in [-0.3, -0.25) is 9.35 Å². The fourth-order valence-corrected chi connectivity index (χ4v) is 2.36. The van der Waals surface area contributed by atoms with E-state index in [9.17, 15) is 13.2 Å². The molecule has 0 rings (SSSR count). The van der Waals surface area contributed by atoms with Gasteiger partial charge in [0.15, 0.2) is 0 Å². The van der Waals surface area contributed by atoms with Gasteiger partial charge in [0.05, 0.1) is 5.75 Å². The zero-order valence-corrected chi connectivity index (χ0v) is 16.3. The van der Waals surface area contributed by atoms with Crippen molar-refractivity contribution in [2.24, 2.45) is 0 Å². The monoisotopic (exact) mass is 349 g/mol. The normalized spacial score (nSPS) is 11.0. The first-order chi connectivity index (χ1) is 9.45. The van der Waals surface area contributed by atoms with Gasteiger partial charge in [0, 0.05) is 13.0 Å². The van der Waals surface area contributed by atoms with Gasteiger partial charge in [0.1, 0.15) is 0 Å². The maximum absolute atomic E-state index is 11.3. The summed E-state index contributed by atoms with van der Waals surface area (Å²) in [6.45, 7) is 2.19. The Morgan fingerprint density at radius 1 is 1.00 bits per heavy atom. The minimum absolute atomic E-state index is 0. The molecule has 0 saturated carbocycles. The molecular formula is C14H31CaNO4S. The van der Waals surface area contributed by atoms with Crippen molar-refractivity contribution in [3.8, 4) is 0 Å². The smallest absolute Gasteiger partial charge is 1.00 e. The van der Waals surface area contributed by atoms with Crippen molar-refractivity contribution in [2.75, 3.05) is 12.3 Å². The standard InChI is InChI=1S/C14H29NO4S.Ca.2H/c1-2-3-4-5-6-7-8-9-10-11-14(16)15-12-13-20(17,18)19;;;/h2-13H2,1H3,(H,15,16)(H,17,18,19);;;/q;+2;2*-1. The third-order valence-corrected chi connectivity index (χ3v) is 3.91. The molecule has 0 spiro atoms. The number of hydrogen-bond acceptors (Lipinski definition) is 3. The fraction of sp³-hybridized carbons (Fsp3) is 0.929. The van der Waals surface area contributed by atoms with E-state index < -0.39 is 15.9 Å². The van der Waals surface area contributed by atoms with Crippen molar-refractivity contribution in [2.45, 2.75) is 71.1 Å². The molecule has 1 amide bonds. The average molecular weight is 350 g/mol. The van der Waals surface area contributed by atoms with E-state index in [0.29, 0.717) is 6.42 Å². The Balaban J connectivity index is -0.000000602. The second kappa shape index (κ2) is 15.5. The molecule has 0 aliphatic carbocycles. The van der Waals surface area contributed by atoms with Crippen LogP contribution in [0.15, 0.2) is 0 Å². The minimum atomic E-state index is -3.98. The Bertz CT molecular complexity index is 357. The SMILES string of the molecule is CCCCCCCCCCCC(=O)NCCS(=O)(=O)O.[Ca+2].[H-].[H-]. The van der Waals surface area contributed by atoms with Gasteiger partial charge in [-0.05, 0) is 6.42 Å². The predicted molar refractivity (Wildman–Crippen MR) is 89.2 cm³/mol. The Morgan fingerprint density at radius 2 is 1.48 bits per heavy atom. The van der Waals surface area contributed by atoms with Crippen LogP contribution in [0.1, 0.15) is 74.0 Å². The van der Waals surface area contributed by atoms with E-state index in [4.69, 9.17) is 4.55 Å². The van der Waals surface area contributed by atoms with Gasteiger partial charge in [0.2, 0.25) is 5.91 Å². The molecule has 2 N–H and O–H groups in total. The van der Waals surface area contributed by atoms with Crippen LogP contribution >= 0.6 is 0 Å². The number of hydrogen-bond donors (Lipinski definition) is 2. The second-order valence-electron chi connectivity index (χ2n) is 5.21. The largest absolute Gasteiger partial charge is 2.00 e. The van der Waals surface area contributed by atoms with Gasteiger partial charge in [0.25, 0.3) is 10.1 Å². The predicted octanol–water partition coefficient (Wildman–Crippen LogP) is 2.76. The number of unbranched alkanes of at least 4 members (excludes halogenated alkanes) is 8. The molecule has 124 valence electrons. The van der Waals surface area contributed by atoms with Crippen LogP contribution in [0.5, 0.6) is 0 Å². The summed E-state index contributed by atoms with van der Waals surface area (Å²) in [5.41, 5.74) is 0. The van der Waals surface area contributed by atoms with Crippen LogP contribution in [-0.2, 0) is 14.9 Å².